The minimum Gasteiger partial charge on any atom is -0.343 e. The van der Waals surface area contributed by atoms with E-state index in [0.717, 1.165) is 6.42 Å². The molecule has 2 unspecified atom stereocenters. The van der Waals surface area contributed by atoms with Crippen molar-refractivity contribution in [1.29, 1.82) is 0 Å². The second-order valence-electron chi connectivity index (χ2n) is 5.49. The van der Waals surface area contributed by atoms with Crippen LogP contribution < -0.4 is 10.6 Å². The molecule has 2 fully saturated rings. The normalized spacial score (nSPS) is 31.1. The Kier molecular flexibility index (Phi) is 2.66. The maximum absolute atomic E-state index is 12.2. The van der Waals surface area contributed by atoms with Crippen molar-refractivity contribution in [2.75, 3.05) is 6.67 Å². The molecular formula is C11H19N3O2. The van der Waals surface area contributed by atoms with Gasteiger partial charge in [0.1, 0.15) is 6.04 Å². The smallest absolute Gasteiger partial charge is 0.248 e. The van der Waals surface area contributed by atoms with Gasteiger partial charge in [-0.15, -0.1) is 0 Å². The predicted molar refractivity (Wildman–Crippen MR) is 59.6 cm³/mol. The molecule has 0 spiro atoms. The highest BCUT2D eigenvalue weighted by molar-refractivity contribution is 5.90. The molecule has 2 heterocycles. The van der Waals surface area contributed by atoms with Gasteiger partial charge < -0.3 is 10.2 Å². The first-order valence-corrected chi connectivity index (χ1v) is 5.74. The summed E-state index contributed by atoms with van der Waals surface area (Å²) in [6, 6.07) is -0.280. The third-order valence-corrected chi connectivity index (χ3v) is 3.25. The number of nitrogens with one attached hydrogen (secondary N) is 2. The van der Waals surface area contributed by atoms with Gasteiger partial charge in [-0.25, -0.2) is 0 Å². The summed E-state index contributed by atoms with van der Waals surface area (Å²) in [7, 11) is 0. The maximum Gasteiger partial charge on any atom is 0.248 e. The van der Waals surface area contributed by atoms with Crippen LogP contribution in [0.4, 0.5) is 0 Å². The Morgan fingerprint density at radius 3 is 2.62 bits per heavy atom. The van der Waals surface area contributed by atoms with E-state index < -0.39 is 0 Å². The minimum absolute atomic E-state index is 0.0211. The molecule has 0 aromatic rings. The molecule has 2 atom stereocenters. The van der Waals surface area contributed by atoms with Crippen LogP contribution in [0.15, 0.2) is 0 Å². The number of carbonyl (C=O) groups excluding carboxylic acids is 2. The Hall–Kier alpha value is -1.10. The van der Waals surface area contributed by atoms with Crippen molar-refractivity contribution in [2.45, 2.75) is 51.2 Å². The van der Waals surface area contributed by atoms with E-state index in [1.165, 1.54) is 0 Å². The third kappa shape index (κ3) is 1.91. The minimum atomic E-state index is -0.380. The lowest BCUT2D eigenvalue weighted by atomic mass is 9.93. The highest BCUT2D eigenvalue weighted by Gasteiger charge is 2.42. The number of piperidine rings is 1. The fourth-order valence-corrected chi connectivity index (χ4v) is 2.28. The first-order valence-electron chi connectivity index (χ1n) is 5.74. The summed E-state index contributed by atoms with van der Waals surface area (Å²) >= 11 is 0. The van der Waals surface area contributed by atoms with E-state index in [4.69, 9.17) is 0 Å². The van der Waals surface area contributed by atoms with Gasteiger partial charge in [-0.2, -0.15) is 0 Å². The Bertz CT molecular complexity index is 322. The molecule has 16 heavy (non-hydrogen) atoms. The average molecular weight is 225 g/mol. The van der Waals surface area contributed by atoms with E-state index in [1.807, 2.05) is 20.8 Å². The average Bonchev–Trinajstić information content (AvgIpc) is 2.17. The standard InChI is InChI=1S/C11H19N3O2/c1-11(2,3)14-6-12-7-4-5-8(15)13-9(7)10(14)16/h7,9,12H,4-6H2,1-3H3,(H,13,15). The topological polar surface area (TPSA) is 61.4 Å². The number of hydrogen-bond donors (Lipinski definition) is 2. The van der Waals surface area contributed by atoms with Gasteiger partial charge in [0.05, 0.1) is 6.67 Å². The summed E-state index contributed by atoms with van der Waals surface area (Å²) in [6.07, 6.45) is 1.26. The second-order valence-corrected chi connectivity index (χ2v) is 5.49. The van der Waals surface area contributed by atoms with Crippen LogP contribution in [0, 0.1) is 0 Å². The molecule has 5 heteroatoms. The first-order chi connectivity index (χ1) is 7.39. The Labute approximate surface area is 95.6 Å². The van der Waals surface area contributed by atoms with Gasteiger partial charge in [0.15, 0.2) is 0 Å². The van der Waals surface area contributed by atoms with Gasteiger partial charge in [0, 0.05) is 18.0 Å². The van der Waals surface area contributed by atoms with Crippen LogP contribution >= 0.6 is 0 Å². The van der Waals surface area contributed by atoms with E-state index >= 15 is 0 Å². The van der Waals surface area contributed by atoms with Gasteiger partial charge >= 0.3 is 0 Å². The molecular weight excluding hydrogens is 206 g/mol. The van der Waals surface area contributed by atoms with Gasteiger partial charge in [-0.1, -0.05) is 0 Å². The molecule has 2 N–H and O–H groups in total. The first kappa shape index (κ1) is 11.4. The number of rotatable bonds is 0. The zero-order valence-corrected chi connectivity index (χ0v) is 10.0. The number of fused-ring (bicyclic) bond motifs is 1. The summed E-state index contributed by atoms with van der Waals surface area (Å²) in [5.74, 6) is 0.0106. The molecule has 0 bridgehead atoms. The van der Waals surface area contributed by atoms with Gasteiger partial charge in [-0.05, 0) is 27.2 Å². The van der Waals surface area contributed by atoms with E-state index in [-0.39, 0.29) is 29.4 Å². The van der Waals surface area contributed by atoms with Gasteiger partial charge in [0.2, 0.25) is 11.8 Å². The van der Waals surface area contributed by atoms with Crippen LogP contribution in [-0.4, -0.2) is 41.0 Å². The fourth-order valence-electron chi connectivity index (χ4n) is 2.28. The summed E-state index contributed by atoms with van der Waals surface area (Å²) in [5, 5.41) is 6.10. The van der Waals surface area contributed by atoms with Crippen molar-refractivity contribution >= 4 is 11.8 Å². The number of nitrogens with zero attached hydrogens (tertiary/aromatic N) is 1. The quantitative estimate of drug-likeness (QED) is 0.601. The highest BCUT2D eigenvalue weighted by atomic mass is 16.2. The highest BCUT2D eigenvalue weighted by Crippen LogP contribution is 2.21. The van der Waals surface area contributed by atoms with Crippen molar-refractivity contribution in [2.24, 2.45) is 0 Å². The van der Waals surface area contributed by atoms with Gasteiger partial charge in [0.25, 0.3) is 0 Å². The molecule has 2 rings (SSSR count). The molecule has 0 radical (unpaired) electrons. The van der Waals surface area contributed by atoms with Crippen molar-refractivity contribution in [3.05, 3.63) is 0 Å². The number of hydrogen-bond acceptors (Lipinski definition) is 3. The summed E-state index contributed by atoms with van der Waals surface area (Å²) in [6.45, 7) is 6.56. The summed E-state index contributed by atoms with van der Waals surface area (Å²) in [5.41, 5.74) is -0.211. The zero-order chi connectivity index (χ0) is 11.9. The number of carbonyl (C=O) groups is 2. The lowest BCUT2D eigenvalue weighted by Gasteiger charge is -2.46. The van der Waals surface area contributed by atoms with Crippen LogP contribution in [0.5, 0.6) is 0 Å². The Balaban J connectivity index is 2.15. The fraction of sp³-hybridized carbons (Fsp3) is 0.818. The molecule has 2 amide bonds. The van der Waals surface area contributed by atoms with Crippen molar-refractivity contribution in [1.82, 2.24) is 15.5 Å². The SMILES string of the molecule is CC(C)(C)N1CNC2CCC(=O)NC2C1=O. The van der Waals surface area contributed by atoms with E-state index in [9.17, 15) is 9.59 Å². The van der Waals surface area contributed by atoms with Crippen LogP contribution in [0.2, 0.25) is 0 Å². The molecule has 0 aromatic carbocycles. The van der Waals surface area contributed by atoms with E-state index in [1.54, 1.807) is 4.90 Å². The van der Waals surface area contributed by atoms with E-state index in [0.29, 0.717) is 13.1 Å². The number of amides is 2. The van der Waals surface area contributed by atoms with Crippen molar-refractivity contribution < 1.29 is 9.59 Å². The van der Waals surface area contributed by atoms with E-state index in [2.05, 4.69) is 10.6 Å². The van der Waals surface area contributed by atoms with Gasteiger partial charge in [-0.3, -0.25) is 14.9 Å². The second kappa shape index (κ2) is 3.73. The molecule has 0 saturated carbocycles. The van der Waals surface area contributed by atoms with Crippen LogP contribution in [0.3, 0.4) is 0 Å². The predicted octanol–water partition coefficient (Wildman–Crippen LogP) is -0.179. The largest absolute Gasteiger partial charge is 0.343 e. The van der Waals surface area contributed by atoms with Crippen LogP contribution in [0.25, 0.3) is 0 Å². The lowest BCUT2D eigenvalue weighted by Crippen LogP contribution is -2.70. The molecule has 2 saturated heterocycles. The molecule has 5 nitrogen and oxygen atoms in total. The maximum atomic E-state index is 12.2. The third-order valence-electron chi connectivity index (χ3n) is 3.25. The molecule has 2 aliphatic heterocycles. The molecule has 0 aromatic heterocycles. The monoisotopic (exact) mass is 225 g/mol. The Morgan fingerprint density at radius 2 is 2.00 bits per heavy atom. The van der Waals surface area contributed by atoms with Crippen molar-refractivity contribution in [3.8, 4) is 0 Å². The molecule has 2 aliphatic rings. The summed E-state index contributed by atoms with van der Waals surface area (Å²) in [4.78, 5) is 25.3. The van der Waals surface area contributed by atoms with Crippen LogP contribution in [0.1, 0.15) is 33.6 Å². The molecule has 90 valence electrons. The van der Waals surface area contributed by atoms with Crippen LogP contribution in [-0.2, 0) is 9.59 Å². The lowest BCUT2D eigenvalue weighted by molar-refractivity contribution is -0.147. The van der Waals surface area contributed by atoms with Crippen molar-refractivity contribution in [3.63, 3.8) is 0 Å². The Morgan fingerprint density at radius 1 is 1.31 bits per heavy atom. The zero-order valence-electron chi connectivity index (χ0n) is 10.0. The summed E-state index contributed by atoms with van der Waals surface area (Å²) < 4.78 is 0. The molecule has 0 aliphatic carbocycles.